The Morgan fingerprint density at radius 1 is 1.07 bits per heavy atom. The highest BCUT2D eigenvalue weighted by Gasteiger charge is 2.14. The second-order valence-corrected chi connectivity index (χ2v) is 5.19. The van der Waals surface area contributed by atoms with Crippen LogP contribution in [0.15, 0.2) is 12.1 Å². The minimum atomic E-state index is -0.566. The Morgan fingerprint density at radius 2 is 1.53 bits per heavy atom. The van der Waals surface area contributed by atoms with E-state index in [0.717, 1.165) is 12.8 Å². The van der Waals surface area contributed by atoms with Crippen molar-refractivity contribution in [3.8, 4) is 0 Å². The molecule has 0 unspecified atom stereocenters. The van der Waals surface area contributed by atoms with Gasteiger partial charge in [0.15, 0.2) is 0 Å². The van der Waals surface area contributed by atoms with Gasteiger partial charge in [-0.05, 0) is 64.2 Å². The Bertz CT molecular complexity index is 322. The van der Waals surface area contributed by atoms with Gasteiger partial charge in [-0.2, -0.15) is 0 Å². The molecule has 15 heavy (non-hydrogen) atoms. The van der Waals surface area contributed by atoms with Crippen LogP contribution in [-0.2, 0) is 6.42 Å². The van der Waals surface area contributed by atoms with Gasteiger partial charge >= 0.3 is 0 Å². The van der Waals surface area contributed by atoms with Crippen LogP contribution in [0.5, 0.6) is 0 Å². The first-order valence-corrected chi connectivity index (χ1v) is 5.59. The van der Waals surface area contributed by atoms with E-state index in [2.05, 4.69) is 32.9 Å². The van der Waals surface area contributed by atoms with E-state index in [1.165, 1.54) is 22.3 Å². The molecule has 84 valence electrons. The van der Waals surface area contributed by atoms with Crippen LogP contribution < -0.4 is 0 Å². The third-order valence-electron chi connectivity index (χ3n) is 2.83. The molecule has 0 bridgehead atoms. The van der Waals surface area contributed by atoms with Crippen molar-refractivity contribution in [3.05, 3.63) is 34.4 Å². The molecule has 1 N–H and O–H groups in total. The summed E-state index contributed by atoms with van der Waals surface area (Å²) < 4.78 is 0. The summed E-state index contributed by atoms with van der Waals surface area (Å²) in [6, 6.07) is 4.43. The van der Waals surface area contributed by atoms with Crippen LogP contribution >= 0.6 is 0 Å². The summed E-state index contributed by atoms with van der Waals surface area (Å²) in [4.78, 5) is 0. The van der Waals surface area contributed by atoms with Gasteiger partial charge in [-0.3, -0.25) is 0 Å². The van der Waals surface area contributed by atoms with E-state index in [1.54, 1.807) is 0 Å². The fourth-order valence-corrected chi connectivity index (χ4v) is 2.04. The van der Waals surface area contributed by atoms with Crippen molar-refractivity contribution >= 4 is 0 Å². The lowest BCUT2D eigenvalue weighted by Crippen LogP contribution is -2.19. The topological polar surface area (TPSA) is 20.2 Å². The predicted molar refractivity (Wildman–Crippen MR) is 65.3 cm³/mol. The number of aliphatic hydroxyl groups is 1. The maximum Gasteiger partial charge on any atom is 0.0594 e. The summed E-state index contributed by atoms with van der Waals surface area (Å²) in [5.74, 6) is 0. The fourth-order valence-electron chi connectivity index (χ4n) is 2.04. The van der Waals surface area contributed by atoms with Crippen LogP contribution in [0.4, 0.5) is 0 Å². The van der Waals surface area contributed by atoms with Crippen LogP contribution in [0.1, 0.15) is 42.5 Å². The molecule has 0 saturated heterocycles. The number of hydrogen-bond donors (Lipinski definition) is 1. The first-order valence-electron chi connectivity index (χ1n) is 5.59. The molecule has 1 nitrogen and oxygen atoms in total. The van der Waals surface area contributed by atoms with Crippen molar-refractivity contribution in [1.82, 2.24) is 0 Å². The second-order valence-electron chi connectivity index (χ2n) is 5.19. The van der Waals surface area contributed by atoms with E-state index in [-0.39, 0.29) is 0 Å². The van der Waals surface area contributed by atoms with Crippen molar-refractivity contribution in [1.29, 1.82) is 0 Å². The molecule has 0 aliphatic rings. The summed E-state index contributed by atoms with van der Waals surface area (Å²) >= 11 is 0. The SMILES string of the molecule is Cc1cc(C)c(CCC(C)(C)O)c(C)c1. The molecule has 0 heterocycles. The molecule has 1 rings (SSSR count). The number of benzene rings is 1. The van der Waals surface area contributed by atoms with Crippen LogP contribution in [0.2, 0.25) is 0 Å². The zero-order valence-electron chi connectivity index (χ0n) is 10.5. The number of aryl methyl sites for hydroxylation is 3. The molecular weight excluding hydrogens is 184 g/mol. The van der Waals surface area contributed by atoms with Gasteiger partial charge < -0.3 is 5.11 Å². The van der Waals surface area contributed by atoms with Gasteiger partial charge in [0.05, 0.1) is 5.60 Å². The lowest BCUT2D eigenvalue weighted by atomic mass is 9.92. The molecule has 0 spiro atoms. The smallest absolute Gasteiger partial charge is 0.0594 e. The highest BCUT2D eigenvalue weighted by molar-refractivity contribution is 5.37. The Kier molecular flexibility index (Phi) is 3.56. The quantitative estimate of drug-likeness (QED) is 0.804. The normalized spacial score (nSPS) is 11.9. The van der Waals surface area contributed by atoms with E-state index < -0.39 is 5.60 Å². The lowest BCUT2D eigenvalue weighted by molar-refractivity contribution is 0.0713. The van der Waals surface area contributed by atoms with Gasteiger partial charge in [0.1, 0.15) is 0 Å². The van der Waals surface area contributed by atoms with E-state index in [9.17, 15) is 5.11 Å². The van der Waals surface area contributed by atoms with Gasteiger partial charge in [-0.1, -0.05) is 17.7 Å². The summed E-state index contributed by atoms with van der Waals surface area (Å²) in [6.45, 7) is 10.2. The molecule has 0 aliphatic heterocycles. The minimum absolute atomic E-state index is 0.566. The first kappa shape index (κ1) is 12.3. The molecule has 1 aromatic rings. The van der Waals surface area contributed by atoms with Crippen LogP contribution in [0.25, 0.3) is 0 Å². The zero-order chi connectivity index (χ0) is 11.6. The second kappa shape index (κ2) is 4.36. The number of hydrogen-bond acceptors (Lipinski definition) is 1. The van der Waals surface area contributed by atoms with Crippen molar-refractivity contribution in [2.75, 3.05) is 0 Å². The van der Waals surface area contributed by atoms with Gasteiger partial charge in [-0.15, -0.1) is 0 Å². The van der Waals surface area contributed by atoms with E-state index >= 15 is 0 Å². The molecule has 1 aromatic carbocycles. The van der Waals surface area contributed by atoms with E-state index in [0.29, 0.717) is 0 Å². The van der Waals surface area contributed by atoms with Gasteiger partial charge in [0.2, 0.25) is 0 Å². The number of rotatable bonds is 3. The predicted octanol–water partition coefficient (Wildman–Crippen LogP) is 3.32. The Morgan fingerprint density at radius 3 is 1.93 bits per heavy atom. The summed E-state index contributed by atoms with van der Waals surface area (Å²) in [5.41, 5.74) is 4.83. The van der Waals surface area contributed by atoms with E-state index in [4.69, 9.17) is 0 Å². The van der Waals surface area contributed by atoms with Crippen molar-refractivity contribution in [2.45, 2.75) is 53.1 Å². The third-order valence-corrected chi connectivity index (χ3v) is 2.83. The van der Waals surface area contributed by atoms with Crippen LogP contribution in [0, 0.1) is 20.8 Å². The minimum Gasteiger partial charge on any atom is -0.390 e. The van der Waals surface area contributed by atoms with Crippen LogP contribution in [-0.4, -0.2) is 10.7 Å². The highest BCUT2D eigenvalue weighted by Crippen LogP contribution is 2.20. The Hall–Kier alpha value is -0.820. The van der Waals surface area contributed by atoms with Gasteiger partial charge in [0, 0.05) is 0 Å². The average molecular weight is 206 g/mol. The molecule has 0 aromatic heterocycles. The standard InChI is InChI=1S/C14H22O/c1-10-8-11(2)13(12(3)9-10)6-7-14(4,5)15/h8-9,15H,6-7H2,1-5H3. The lowest BCUT2D eigenvalue weighted by Gasteiger charge is -2.19. The molecule has 0 saturated carbocycles. The molecule has 0 aliphatic carbocycles. The van der Waals surface area contributed by atoms with Crippen LogP contribution in [0.3, 0.4) is 0 Å². The first-order chi connectivity index (χ1) is 6.79. The van der Waals surface area contributed by atoms with E-state index in [1.807, 2.05) is 13.8 Å². The monoisotopic (exact) mass is 206 g/mol. The Labute approximate surface area is 93.1 Å². The fraction of sp³-hybridized carbons (Fsp3) is 0.571. The summed E-state index contributed by atoms with van der Waals surface area (Å²) in [5, 5.41) is 9.72. The molecule has 0 fully saturated rings. The summed E-state index contributed by atoms with van der Waals surface area (Å²) in [7, 11) is 0. The van der Waals surface area contributed by atoms with Crippen molar-refractivity contribution in [2.24, 2.45) is 0 Å². The maximum absolute atomic E-state index is 9.72. The average Bonchev–Trinajstić information content (AvgIpc) is 1.99. The third kappa shape index (κ3) is 3.67. The van der Waals surface area contributed by atoms with Crippen molar-refractivity contribution in [3.63, 3.8) is 0 Å². The van der Waals surface area contributed by atoms with Gasteiger partial charge in [-0.25, -0.2) is 0 Å². The molecular formula is C14H22O. The molecule has 0 amide bonds. The van der Waals surface area contributed by atoms with Gasteiger partial charge in [0.25, 0.3) is 0 Å². The molecule has 1 heteroatoms. The van der Waals surface area contributed by atoms with Crippen molar-refractivity contribution < 1.29 is 5.11 Å². The Balaban J connectivity index is 2.86. The molecule has 0 atom stereocenters. The summed E-state index contributed by atoms with van der Waals surface area (Å²) in [6.07, 6.45) is 1.78. The maximum atomic E-state index is 9.72. The molecule has 0 radical (unpaired) electrons. The largest absolute Gasteiger partial charge is 0.390 e. The highest BCUT2D eigenvalue weighted by atomic mass is 16.3. The zero-order valence-corrected chi connectivity index (χ0v) is 10.5.